The number of unbranched alkanes of at least 4 members (excludes halogenated alkanes) is 2. The minimum atomic E-state index is -0.431. The topological polar surface area (TPSA) is 194 Å². The maximum Gasteiger partial charge on any atom is 0.233 e. The Morgan fingerprint density at radius 3 is 1.12 bits per heavy atom. The van der Waals surface area contributed by atoms with Crippen molar-refractivity contribution in [1.29, 1.82) is 0 Å². The zero-order valence-electron chi connectivity index (χ0n) is 42.4. The lowest BCUT2D eigenvalue weighted by molar-refractivity contribution is 0.0978. The third kappa shape index (κ3) is 9.71. The van der Waals surface area contributed by atoms with Crippen molar-refractivity contribution in [1.82, 2.24) is 29.9 Å². The summed E-state index contributed by atoms with van der Waals surface area (Å²) in [6.45, 7) is 5.44. The highest BCUT2D eigenvalue weighted by Gasteiger charge is 2.39. The maximum atomic E-state index is 15.1. The maximum absolute atomic E-state index is 15.1. The molecule has 16 heteroatoms. The van der Waals surface area contributed by atoms with Crippen molar-refractivity contribution in [3.05, 3.63) is 202 Å². The quantitative estimate of drug-likeness (QED) is 0.0629. The van der Waals surface area contributed by atoms with Crippen LogP contribution in [0.3, 0.4) is 0 Å². The van der Waals surface area contributed by atoms with Gasteiger partial charge in [-0.3, -0.25) is 19.2 Å². The van der Waals surface area contributed by atoms with E-state index in [4.69, 9.17) is 29.9 Å². The molecule has 0 saturated heterocycles. The first-order valence-electron chi connectivity index (χ1n) is 25.8. The molecule has 14 nitrogen and oxygen atoms in total. The number of nitrogens with one attached hydrogen (secondary N) is 4. The van der Waals surface area contributed by atoms with Crippen LogP contribution in [0.25, 0.3) is 32.7 Å². The Morgan fingerprint density at radius 1 is 0.359 bits per heavy atom. The number of fused-ring (bicyclic) bond motifs is 6. The molecule has 10 aromatic rings. The van der Waals surface area contributed by atoms with Crippen molar-refractivity contribution < 1.29 is 19.2 Å². The van der Waals surface area contributed by atoms with Crippen LogP contribution < -0.4 is 21.3 Å². The van der Waals surface area contributed by atoms with E-state index < -0.39 is 23.1 Å². The van der Waals surface area contributed by atoms with Gasteiger partial charge in [0.15, 0.2) is 33.4 Å². The predicted octanol–water partition coefficient (Wildman–Crippen LogP) is 13.8. The number of rotatable bonds is 17. The summed E-state index contributed by atoms with van der Waals surface area (Å²) in [5, 5.41) is 18.4. The molecular weight excluding hydrogens is 1010 g/mol. The van der Waals surface area contributed by atoms with Crippen molar-refractivity contribution in [3.63, 3.8) is 0 Å². The zero-order chi connectivity index (χ0) is 53.3. The lowest BCUT2D eigenvalue weighted by Crippen LogP contribution is -2.25. The van der Waals surface area contributed by atoms with E-state index in [0.717, 1.165) is 57.0 Å². The van der Waals surface area contributed by atoms with E-state index in [1.165, 1.54) is 23.5 Å². The summed E-state index contributed by atoms with van der Waals surface area (Å²) in [5.74, 6) is -0.721. The molecular formula is C62H48N10O4S2. The molecule has 0 bridgehead atoms. The van der Waals surface area contributed by atoms with Crippen LogP contribution in [0.4, 0.5) is 35.2 Å². The highest BCUT2D eigenvalue weighted by molar-refractivity contribution is 7.99. The molecule has 78 heavy (non-hydrogen) atoms. The number of benzene rings is 8. The monoisotopic (exact) mass is 1060 g/mol. The summed E-state index contributed by atoms with van der Waals surface area (Å²) in [5.41, 5.74) is 2.22. The summed E-state index contributed by atoms with van der Waals surface area (Å²) in [6.07, 6.45) is 3.68. The molecule has 0 spiro atoms. The van der Waals surface area contributed by atoms with E-state index in [0.29, 0.717) is 35.3 Å². The van der Waals surface area contributed by atoms with Gasteiger partial charge in [-0.25, -0.2) is 0 Å². The third-order valence-electron chi connectivity index (χ3n) is 13.7. The van der Waals surface area contributed by atoms with Gasteiger partial charge in [-0.2, -0.15) is 29.9 Å². The SMILES string of the molecule is CCCCNc1nc(Nc2ccc(-c3ccc(Nc4nc(NCCCC)nc(Sc5ccc6ccccc6c5)n4)c4c3C(=O)c3ccccc3C4=O)c3c2C(=O)c2ccccc2C3=O)nc(Sc2ccc3ccccc3c2)n1. The largest absolute Gasteiger partial charge is 0.354 e. The smallest absolute Gasteiger partial charge is 0.233 e. The number of carbonyl (C=O) groups excluding carboxylic acids is 4. The molecule has 0 saturated carbocycles. The standard InChI is InChI=1S/C62H48N10O4S2/c1-3-5-31-63-57-67-59(71-61(69-57)77-39-25-23-35-15-7-9-17-37(35)33-39)65-47-29-27-41(49-51(47)55(75)45-21-13-11-19-43(45)53(49)73)42-28-30-48(52-50(42)54(74)44-20-12-14-22-46(44)56(52)76)66-60-68-58(64-32-6-4-2)70-62(72-60)78-40-26-24-36-16-8-10-18-38(36)34-40/h7-30,33-34H,3-6,31-32H2,1-2H3,(H2,63,65,67,69,71)(H2,64,66,68,70,72). The molecule has 12 rings (SSSR count). The predicted molar refractivity (Wildman–Crippen MR) is 308 cm³/mol. The Hall–Kier alpha value is -9.12. The van der Waals surface area contributed by atoms with Crippen molar-refractivity contribution >= 4 is 103 Å². The minimum Gasteiger partial charge on any atom is -0.354 e. The van der Waals surface area contributed by atoms with Gasteiger partial charge in [0.2, 0.25) is 23.8 Å². The first-order valence-corrected chi connectivity index (χ1v) is 27.4. The van der Waals surface area contributed by atoms with Gasteiger partial charge < -0.3 is 21.3 Å². The number of ketones is 4. The van der Waals surface area contributed by atoms with Gasteiger partial charge in [-0.1, -0.05) is 148 Å². The fraction of sp³-hybridized carbons (Fsp3) is 0.129. The molecule has 4 N–H and O–H groups in total. The van der Waals surface area contributed by atoms with Crippen LogP contribution in [-0.4, -0.2) is 66.1 Å². The summed E-state index contributed by atoms with van der Waals surface area (Å²) in [4.78, 5) is 90.9. The van der Waals surface area contributed by atoms with Gasteiger partial charge in [-0.15, -0.1) is 0 Å². The molecule has 2 aliphatic carbocycles. The van der Waals surface area contributed by atoms with Crippen LogP contribution in [0.15, 0.2) is 178 Å². The van der Waals surface area contributed by atoms with Crippen molar-refractivity contribution in [3.8, 4) is 11.1 Å². The molecule has 2 heterocycles. The summed E-state index contributed by atoms with van der Waals surface area (Å²) in [7, 11) is 0. The van der Waals surface area contributed by atoms with Crippen LogP contribution in [-0.2, 0) is 0 Å². The van der Waals surface area contributed by atoms with E-state index in [1.54, 1.807) is 72.8 Å². The molecule has 8 aromatic carbocycles. The Kier molecular flexibility index (Phi) is 13.7. The molecule has 0 fully saturated rings. The van der Waals surface area contributed by atoms with Crippen LogP contribution in [0.1, 0.15) is 103 Å². The molecule has 2 aromatic heterocycles. The van der Waals surface area contributed by atoms with Crippen LogP contribution in [0.5, 0.6) is 0 Å². The Bertz CT molecular complexity index is 3830. The second kappa shape index (κ2) is 21.5. The van der Waals surface area contributed by atoms with Crippen LogP contribution >= 0.6 is 23.5 Å². The van der Waals surface area contributed by atoms with Gasteiger partial charge in [0.1, 0.15) is 0 Å². The molecule has 0 radical (unpaired) electrons. The van der Waals surface area contributed by atoms with Gasteiger partial charge in [0.25, 0.3) is 0 Å². The molecule has 0 unspecified atom stereocenters. The fourth-order valence-corrected chi connectivity index (χ4v) is 11.4. The lowest BCUT2D eigenvalue weighted by atomic mass is 9.75. The lowest BCUT2D eigenvalue weighted by Gasteiger charge is -2.26. The third-order valence-corrected chi connectivity index (χ3v) is 15.4. The summed E-state index contributed by atoms with van der Waals surface area (Å²) < 4.78 is 0. The second-order valence-electron chi connectivity index (χ2n) is 18.8. The fourth-order valence-electron chi connectivity index (χ4n) is 9.84. The Balaban J connectivity index is 0.972. The van der Waals surface area contributed by atoms with E-state index >= 15 is 19.2 Å². The second-order valence-corrected chi connectivity index (χ2v) is 20.9. The van der Waals surface area contributed by atoms with Crippen molar-refractivity contribution in [2.24, 2.45) is 0 Å². The Morgan fingerprint density at radius 2 is 0.718 bits per heavy atom. The van der Waals surface area contributed by atoms with Crippen molar-refractivity contribution in [2.45, 2.75) is 59.6 Å². The van der Waals surface area contributed by atoms with Gasteiger partial charge >= 0.3 is 0 Å². The van der Waals surface area contributed by atoms with Crippen LogP contribution in [0.2, 0.25) is 0 Å². The summed E-state index contributed by atoms with van der Waals surface area (Å²) >= 11 is 2.75. The summed E-state index contributed by atoms with van der Waals surface area (Å²) in [6, 6.07) is 48.6. The molecule has 0 amide bonds. The normalized spacial score (nSPS) is 12.5. The molecule has 382 valence electrons. The van der Waals surface area contributed by atoms with Gasteiger partial charge in [0.05, 0.1) is 22.5 Å². The van der Waals surface area contributed by atoms with E-state index in [9.17, 15) is 0 Å². The van der Waals surface area contributed by atoms with E-state index in [1.807, 2.05) is 36.4 Å². The van der Waals surface area contributed by atoms with Gasteiger partial charge in [-0.05, 0) is 105 Å². The molecule has 0 aliphatic heterocycles. The number of anilines is 6. The minimum absolute atomic E-state index is 0.0578. The average Bonchev–Trinajstić information content (AvgIpc) is 3.66. The first kappa shape index (κ1) is 49.7. The zero-order valence-corrected chi connectivity index (χ0v) is 44.0. The van der Waals surface area contributed by atoms with Gasteiger partial charge in [0, 0.05) is 56.3 Å². The molecule has 0 atom stereocenters. The van der Waals surface area contributed by atoms with E-state index in [2.05, 4.69) is 83.6 Å². The molecule has 2 aliphatic rings. The van der Waals surface area contributed by atoms with Crippen LogP contribution in [0, 0.1) is 0 Å². The van der Waals surface area contributed by atoms with Crippen molar-refractivity contribution in [2.75, 3.05) is 34.4 Å². The van der Waals surface area contributed by atoms with E-state index in [-0.39, 0.29) is 78.9 Å². The Labute approximate surface area is 457 Å². The number of aromatic nitrogens is 6. The highest BCUT2D eigenvalue weighted by atomic mass is 32.2. The average molecular weight is 1060 g/mol. The first-order chi connectivity index (χ1) is 38.2. The number of carbonyl (C=O) groups is 4. The number of hydrogen-bond donors (Lipinski definition) is 4. The number of nitrogens with zero attached hydrogens (tertiary/aromatic N) is 6. The highest BCUT2D eigenvalue weighted by Crippen LogP contribution is 2.45. The number of hydrogen-bond acceptors (Lipinski definition) is 16.